The van der Waals surface area contributed by atoms with Crippen molar-refractivity contribution in [3.8, 4) is 0 Å². The van der Waals surface area contributed by atoms with Crippen molar-refractivity contribution < 1.29 is 23.9 Å². The molecular formula is C36H48N4O5. The van der Waals surface area contributed by atoms with Crippen LogP contribution in [0, 0.1) is 0 Å². The normalized spacial score (nSPS) is 12.6. The van der Waals surface area contributed by atoms with Crippen LogP contribution < -0.4 is 16.4 Å². The number of carbonyl (C=O) groups excluding carboxylic acids is 4. The fourth-order valence-electron chi connectivity index (χ4n) is 5.19. The van der Waals surface area contributed by atoms with E-state index in [-0.39, 0.29) is 6.54 Å². The molecule has 0 saturated carbocycles. The number of hydrogen-bond acceptors (Lipinski definition) is 5. The highest BCUT2D eigenvalue weighted by Crippen LogP contribution is 2.27. The van der Waals surface area contributed by atoms with Crippen molar-refractivity contribution in [1.82, 2.24) is 10.2 Å². The van der Waals surface area contributed by atoms with Crippen molar-refractivity contribution in [2.45, 2.75) is 97.2 Å². The van der Waals surface area contributed by atoms with Crippen LogP contribution in [-0.4, -0.2) is 46.9 Å². The molecule has 0 fully saturated rings. The number of anilines is 1. The molecule has 2 atom stereocenters. The Bertz CT molecular complexity index is 1450. The molecule has 3 aromatic rings. The van der Waals surface area contributed by atoms with E-state index in [4.69, 9.17) is 10.5 Å². The van der Waals surface area contributed by atoms with Crippen LogP contribution in [-0.2, 0) is 25.5 Å². The van der Waals surface area contributed by atoms with E-state index in [0.717, 1.165) is 48.4 Å². The monoisotopic (exact) mass is 616 g/mol. The molecule has 0 heterocycles. The topological polar surface area (TPSA) is 131 Å². The molecule has 9 nitrogen and oxygen atoms in total. The van der Waals surface area contributed by atoms with Crippen LogP contribution in [0.5, 0.6) is 0 Å². The summed E-state index contributed by atoms with van der Waals surface area (Å²) in [6, 6.07) is 18.7. The summed E-state index contributed by atoms with van der Waals surface area (Å²) < 4.78 is 5.39. The number of unbranched alkanes of at least 4 members (excludes halogenated alkanes) is 4. The Morgan fingerprint density at radius 2 is 1.53 bits per heavy atom. The van der Waals surface area contributed by atoms with Gasteiger partial charge < -0.3 is 26.0 Å². The lowest BCUT2D eigenvalue weighted by Gasteiger charge is -2.34. The van der Waals surface area contributed by atoms with Crippen molar-refractivity contribution in [2.24, 2.45) is 5.73 Å². The van der Waals surface area contributed by atoms with E-state index in [1.54, 1.807) is 20.8 Å². The average Bonchev–Trinajstić information content (AvgIpc) is 2.98. The number of hydrogen-bond donors (Lipinski definition) is 3. The third kappa shape index (κ3) is 10.9. The molecule has 0 bridgehead atoms. The molecule has 45 heavy (non-hydrogen) atoms. The summed E-state index contributed by atoms with van der Waals surface area (Å²) in [4.78, 5) is 54.9. The van der Waals surface area contributed by atoms with Gasteiger partial charge in [0.05, 0.1) is 6.42 Å². The molecule has 242 valence electrons. The van der Waals surface area contributed by atoms with Crippen LogP contribution in [0.1, 0.15) is 90.3 Å². The Morgan fingerprint density at radius 1 is 0.867 bits per heavy atom. The summed E-state index contributed by atoms with van der Waals surface area (Å²) in [6.07, 6.45) is 4.10. The fourth-order valence-corrected chi connectivity index (χ4v) is 5.19. The van der Waals surface area contributed by atoms with E-state index >= 15 is 0 Å². The van der Waals surface area contributed by atoms with Gasteiger partial charge in [0.1, 0.15) is 17.7 Å². The van der Waals surface area contributed by atoms with Crippen LogP contribution in [0.25, 0.3) is 10.8 Å². The first-order valence-corrected chi connectivity index (χ1v) is 15.9. The summed E-state index contributed by atoms with van der Waals surface area (Å²) >= 11 is 0. The first-order valence-electron chi connectivity index (χ1n) is 15.9. The zero-order valence-electron chi connectivity index (χ0n) is 27.2. The van der Waals surface area contributed by atoms with Gasteiger partial charge in [0.2, 0.25) is 11.8 Å². The van der Waals surface area contributed by atoms with Gasteiger partial charge in [-0.05, 0) is 67.6 Å². The van der Waals surface area contributed by atoms with Crippen molar-refractivity contribution in [1.29, 1.82) is 0 Å². The number of rotatable bonds is 15. The van der Waals surface area contributed by atoms with Crippen molar-refractivity contribution in [2.75, 3.05) is 11.9 Å². The molecule has 0 radical (unpaired) electrons. The maximum atomic E-state index is 14.3. The minimum atomic E-state index is -1.32. The number of alkyl carbamates (subject to hydrolysis) is 1. The molecule has 0 aliphatic rings. The quantitative estimate of drug-likeness (QED) is 0.165. The minimum absolute atomic E-state index is 0.235. The molecule has 4 N–H and O–H groups in total. The van der Waals surface area contributed by atoms with Gasteiger partial charge in [-0.1, -0.05) is 94.1 Å². The molecule has 2 unspecified atom stereocenters. The first-order chi connectivity index (χ1) is 21.4. The summed E-state index contributed by atoms with van der Waals surface area (Å²) in [7, 11) is 0. The van der Waals surface area contributed by atoms with Gasteiger partial charge in [-0.25, -0.2) is 4.79 Å². The summed E-state index contributed by atoms with van der Waals surface area (Å²) in [5, 5.41) is 7.57. The smallest absolute Gasteiger partial charge is 0.408 e. The van der Waals surface area contributed by atoms with Gasteiger partial charge in [-0.15, -0.1) is 0 Å². The Morgan fingerprint density at radius 3 is 2.16 bits per heavy atom. The number of amides is 4. The second-order valence-corrected chi connectivity index (χ2v) is 12.4. The van der Waals surface area contributed by atoms with E-state index in [2.05, 4.69) is 17.6 Å². The Labute approximate surface area is 266 Å². The predicted molar refractivity (Wildman–Crippen MR) is 179 cm³/mol. The molecular weight excluding hydrogens is 568 g/mol. The number of aryl methyl sites for hydroxylation is 1. The van der Waals surface area contributed by atoms with E-state index in [1.807, 2.05) is 73.7 Å². The molecule has 0 aliphatic heterocycles. The third-order valence-corrected chi connectivity index (χ3v) is 7.46. The van der Waals surface area contributed by atoms with Crippen molar-refractivity contribution >= 4 is 40.3 Å². The van der Waals surface area contributed by atoms with Gasteiger partial charge in [0.15, 0.2) is 0 Å². The number of ether oxygens (including phenoxy) is 1. The number of nitrogens with zero attached hydrogens (tertiary/aromatic N) is 1. The fraction of sp³-hybridized carbons (Fsp3) is 0.444. The summed E-state index contributed by atoms with van der Waals surface area (Å²) in [6.45, 7) is 9.51. The first kappa shape index (κ1) is 35.1. The maximum Gasteiger partial charge on any atom is 0.408 e. The second kappa shape index (κ2) is 16.6. The molecule has 4 amide bonds. The summed E-state index contributed by atoms with van der Waals surface area (Å²) in [5.41, 5.74) is 7.00. The Balaban J connectivity index is 2.04. The van der Waals surface area contributed by atoms with E-state index in [0.29, 0.717) is 17.7 Å². The van der Waals surface area contributed by atoms with Gasteiger partial charge in [0.25, 0.3) is 5.91 Å². The van der Waals surface area contributed by atoms with E-state index in [1.165, 1.54) is 4.90 Å². The van der Waals surface area contributed by atoms with Crippen LogP contribution in [0.2, 0.25) is 0 Å². The highest BCUT2D eigenvalue weighted by Gasteiger charge is 2.37. The maximum absolute atomic E-state index is 14.3. The van der Waals surface area contributed by atoms with Crippen LogP contribution in [0.4, 0.5) is 10.5 Å². The third-order valence-electron chi connectivity index (χ3n) is 7.46. The number of nitrogens with two attached hydrogens (primary N) is 1. The number of benzene rings is 3. The lowest BCUT2D eigenvalue weighted by molar-refractivity contribution is -0.142. The number of nitrogens with one attached hydrogen (secondary N) is 2. The van der Waals surface area contributed by atoms with E-state index in [9.17, 15) is 19.2 Å². The number of primary amides is 1. The van der Waals surface area contributed by atoms with Gasteiger partial charge in [0, 0.05) is 12.2 Å². The summed E-state index contributed by atoms with van der Waals surface area (Å²) in [5.74, 6) is -1.77. The highest BCUT2D eigenvalue weighted by atomic mass is 16.6. The van der Waals surface area contributed by atoms with Crippen molar-refractivity contribution in [3.05, 3.63) is 77.9 Å². The molecule has 9 heteroatoms. The number of carbonyl (C=O) groups is 4. The molecule has 0 aromatic heterocycles. The van der Waals surface area contributed by atoms with Crippen LogP contribution in [0.3, 0.4) is 0 Å². The lowest BCUT2D eigenvalue weighted by atomic mass is 9.99. The average molecular weight is 617 g/mol. The number of fused-ring (bicyclic) bond motifs is 1. The van der Waals surface area contributed by atoms with Gasteiger partial charge >= 0.3 is 6.09 Å². The highest BCUT2D eigenvalue weighted by molar-refractivity contribution is 6.01. The predicted octanol–water partition coefficient (Wildman–Crippen LogP) is 6.65. The second-order valence-electron chi connectivity index (χ2n) is 12.4. The zero-order chi connectivity index (χ0) is 33.0. The van der Waals surface area contributed by atoms with Gasteiger partial charge in [-0.3, -0.25) is 14.4 Å². The van der Waals surface area contributed by atoms with Gasteiger partial charge in [-0.2, -0.15) is 0 Å². The van der Waals surface area contributed by atoms with Crippen LogP contribution >= 0.6 is 0 Å². The molecule has 0 spiro atoms. The standard InChI is InChI=1S/C36H48N4O5/c1-6-8-9-10-13-22-40(34(43)30(24-31(37)41)39-35(44)45-36(3,4)5)32(27-18-16-25(7-2)17-19-27)33(42)38-29-21-20-26-14-11-12-15-28(26)23-29/h11-12,14-21,23,30,32H,6-10,13,22,24H2,1-5H3,(H2,37,41)(H,38,42)(H,39,44). The Kier molecular flexibility index (Phi) is 12.9. The zero-order valence-corrected chi connectivity index (χ0v) is 27.2. The van der Waals surface area contributed by atoms with Crippen molar-refractivity contribution in [3.63, 3.8) is 0 Å². The largest absolute Gasteiger partial charge is 0.444 e. The SMILES string of the molecule is CCCCCCCN(C(=O)C(CC(N)=O)NC(=O)OC(C)(C)C)C(C(=O)Nc1ccc2ccccc2c1)c1ccc(CC)cc1. The molecule has 3 rings (SSSR count). The molecule has 0 saturated heterocycles. The Hall–Kier alpha value is -4.40. The lowest BCUT2D eigenvalue weighted by Crippen LogP contribution is -2.53. The molecule has 0 aliphatic carbocycles. The minimum Gasteiger partial charge on any atom is -0.444 e. The van der Waals surface area contributed by atoms with E-state index < -0.39 is 47.9 Å². The molecule has 3 aromatic carbocycles. The van der Waals surface area contributed by atoms with Crippen LogP contribution in [0.15, 0.2) is 66.7 Å².